The fourth-order valence-corrected chi connectivity index (χ4v) is 4.35. The number of carbonyl (C=O) groups is 1. The Hall–Kier alpha value is -4.46. The molecule has 1 unspecified atom stereocenters. The zero-order chi connectivity index (χ0) is 25.9. The SMILES string of the molecule is CCOc1ccc(C2NC(=O)N(Cc3ccc(C)cc3)C(C)=C2c2nc(-c3ccc(F)cc3)no2)cc1. The molecule has 1 aromatic heterocycles. The Morgan fingerprint density at radius 1 is 1.00 bits per heavy atom. The van der Waals surface area contributed by atoms with Crippen molar-refractivity contribution in [1.29, 1.82) is 0 Å². The van der Waals surface area contributed by atoms with Crippen LogP contribution >= 0.6 is 0 Å². The monoisotopic (exact) mass is 498 g/mol. The second-order valence-electron chi connectivity index (χ2n) is 8.89. The molecule has 2 amide bonds. The Morgan fingerprint density at radius 2 is 1.70 bits per heavy atom. The van der Waals surface area contributed by atoms with Crippen molar-refractivity contribution < 1.29 is 18.4 Å². The van der Waals surface area contributed by atoms with Crippen molar-refractivity contribution >= 4 is 11.6 Å². The average Bonchev–Trinajstić information content (AvgIpc) is 3.38. The third-order valence-electron chi connectivity index (χ3n) is 6.34. The molecule has 4 aromatic rings. The third-order valence-corrected chi connectivity index (χ3v) is 6.34. The molecule has 0 bridgehead atoms. The number of hydrogen-bond donors (Lipinski definition) is 1. The topological polar surface area (TPSA) is 80.5 Å². The van der Waals surface area contributed by atoms with E-state index in [0.717, 1.165) is 22.4 Å². The standard InChI is InChI=1S/C29H27FN4O3/c1-4-36-24-15-11-21(12-16-24)26-25(28-32-27(33-37-28)22-9-13-23(30)14-10-22)19(3)34(29(35)31-26)17-20-7-5-18(2)6-8-20/h5-16,26H,4,17H2,1-3H3,(H,31,35). The zero-order valence-corrected chi connectivity index (χ0v) is 20.9. The number of hydrogen-bond acceptors (Lipinski definition) is 5. The Labute approximate surface area is 214 Å². The maximum Gasteiger partial charge on any atom is 0.322 e. The summed E-state index contributed by atoms with van der Waals surface area (Å²) in [7, 11) is 0. The van der Waals surface area contributed by atoms with Crippen molar-refractivity contribution in [2.24, 2.45) is 0 Å². The van der Waals surface area contributed by atoms with Gasteiger partial charge in [-0.05, 0) is 68.3 Å². The normalized spacial score (nSPS) is 15.6. The van der Waals surface area contributed by atoms with Gasteiger partial charge in [-0.1, -0.05) is 47.1 Å². The maximum absolute atomic E-state index is 13.4. The number of amides is 2. The van der Waals surface area contributed by atoms with Gasteiger partial charge in [0.15, 0.2) is 0 Å². The van der Waals surface area contributed by atoms with Gasteiger partial charge in [0.05, 0.1) is 24.8 Å². The molecule has 1 aliphatic heterocycles. The fourth-order valence-electron chi connectivity index (χ4n) is 4.35. The second kappa shape index (κ2) is 10.3. The van der Waals surface area contributed by atoms with Crippen LogP contribution in [0.1, 0.15) is 42.5 Å². The number of aryl methyl sites for hydroxylation is 1. The molecule has 188 valence electrons. The van der Waals surface area contributed by atoms with Gasteiger partial charge in [-0.15, -0.1) is 0 Å². The minimum absolute atomic E-state index is 0.223. The molecule has 8 heteroatoms. The van der Waals surface area contributed by atoms with E-state index >= 15 is 0 Å². The predicted molar refractivity (Wildman–Crippen MR) is 138 cm³/mol. The molecular weight excluding hydrogens is 471 g/mol. The summed E-state index contributed by atoms with van der Waals surface area (Å²) in [5, 5.41) is 7.25. The summed E-state index contributed by atoms with van der Waals surface area (Å²) in [6.07, 6.45) is 0. The van der Waals surface area contributed by atoms with Gasteiger partial charge >= 0.3 is 6.03 Å². The van der Waals surface area contributed by atoms with E-state index in [9.17, 15) is 9.18 Å². The molecule has 5 rings (SSSR count). The summed E-state index contributed by atoms with van der Waals surface area (Å²) in [4.78, 5) is 19.6. The quantitative estimate of drug-likeness (QED) is 0.324. The Balaban J connectivity index is 1.56. The van der Waals surface area contributed by atoms with E-state index in [4.69, 9.17) is 9.26 Å². The van der Waals surface area contributed by atoms with E-state index in [0.29, 0.717) is 35.8 Å². The highest BCUT2D eigenvalue weighted by molar-refractivity contribution is 5.87. The zero-order valence-electron chi connectivity index (χ0n) is 20.9. The minimum atomic E-state index is -0.515. The van der Waals surface area contributed by atoms with E-state index in [2.05, 4.69) is 15.5 Å². The highest BCUT2D eigenvalue weighted by Crippen LogP contribution is 2.38. The Bertz CT molecular complexity index is 1430. The number of nitrogens with one attached hydrogen (secondary N) is 1. The number of benzene rings is 3. The molecule has 2 heterocycles. The number of halogens is 1. The molecule has 7 nitrogen and oxygen atoms in total. The van der Waals surface area contributed by atoms with Crippen molar-refractivity contribution in [2.75, 3.05) is 6.61 Å². The molecule has 1 N–H and O–H groups in total. The largest absolute Gasteiger partial charge is 0.494 e. The van der Waals surface area contributed by atoms with Crippen LogP contribution < -0.4 is 10.1 Å². The first-order chi connectivity index (χ1) is 17.9. The van der Waals surface area contributed by atoms with Gasteiger partial charge in [0.1, 0.15) is 11.6 Å². The van der Waals surface area contributed by atoms with Crippen molar-refractivity contribution in [1.82, 2.24) is 20.4 Å². The molecule has 0 radical (unpaired) electrons. The number of ether oxygens (including phenoxy) is 1. The van der Waals surface area contributed by atoms with Crippen LogP contribution in [0.25, 0.3) is 17.0 Å². The van der Waals surface area contributed by atoms with Crippen molar-refractivity contribution in [3.8, 4) is 17.1 Å². The summed E-state index contributed by atoms with van der Waals surface area (Å²) in [6.45, 7) is 6.78. The lowest BCUT2D eigenvalue weighted by Gasteiger charge is -2.35. The van der Waals surface area contributed by atoms with E-state index in [-0.39, 0.29) is 17.7 Å². The van der Waals surface area contributed by atoms with E-state index in [1.807, 2.05) is 69.3 Å². The van der Waals surface area contributed by atoms with Gasteiger partial charge in [-0.3, -0.25) is 4.90 Å². The van der Waals surface area contributed by atoms with E-state index in [1.54, 1.807) is 17.0 Å². The first-order valence-corrected chi connectivity index (χ1v) is 12.1. The highest BCUT2D eigenvalue weighted by Gasteiger charge is 2.35. The number of aromatic nitrogens is 2. The molecule has 1 aliphatic rings. The molecule has 3 aromatic carbocycles. The summed E-state index contributed by atoms with van der Waals surface area (Å²) >= 11 is 0. The summed E-state index contributed by atoms with van der Waals surface area (Å²) < 4.78 is 24.7. The maximum atomic E-state index is 13.4. The molecule has 0 spiro atoms. The number of urea groups is 1. The van der Waals surface area contributed by atoms with Gasteiger partial charge < -0.3 is 14.6 Å². The second-order valence-corrected chi connectivity index (χ2v) is 8.89. The van der Waals surface area contributed by atoms with Crippen LogP contribution in [0.15, 0.2) is 83.0 Å². The number of rotatable bonds is 7. The summed E-state index contributed by atoms with van der Waals surface area (Å²) in [6, 6.07) is 20.8. The van der Waals surface area contributed by atoms with Gasteiger partial charge in [-0.2, -0.15) is 4.98 Å². The summed E-state index contributed by atoms with van der Waals surface area (Å²) in [5.41, 5.74) is 5.02. The lowest BCUT2D eigenvalue weighted by atomic mass is 9.94. The van der Waals surface area contributed by atoms with Crippen molar-refractivity contribution in [3.63, 3.8) is 0 Å². The van der Waals surface area contributed by atoms with Crippen LogP contribution in [0, 0.1) is 12.7 Å². The lowest BCUT2D eigenvalue weighted by Crippen LogP contribution is -2.45. The molecule has 0 saturated carbocycles. The molecule has 0 fully saturated rings. The number of allylic oxidation sites excluding steroid dienone is 1. The lowest BCUT2D eigenvalue weighted by molar-refractivity contribution is 0.203. The molecule has 1 atom stereocenters. The Kier molecular flexibility index (Phi) is 6.72. The van der Waals surface area contributed by atoms with Gasteiger partial charge in [-0.25, -0.2) is 9.18 Å². The van der Waals surface area contributed by atoms with Gasteiger partial charge in [0.2, 0.25) is 5.82 Å². The van der Waals surface area contributed by atoms with Gasteiger partial charge in [0.25, 0.3) is 5.89 Å². The van der Waals surface area contributed by atoms with Gasteiger partial charge in [0, 0.05) is 11.3 Å². The molecule has 0 saturated heterocycles. The van der Waals surface area contributed by atoms with Crippen LogP contribution in [-0.4, -0.2) is 27.7 Å². The van der Waals surface area contributed by atoms with Crippen molar-refractivity contribution in [2.45, 2.75) is 33.4 Å². The van der Waals surface area contributed by atoms with Crippen LogP contribution in [0.4, 0.5) is 9.18 Å². The smallest absolute Gasteiger partial charge is 0.322 e. The van der Waals surface area contributed by atoms with Crippen molar-refractivity contribution in [3.05, 3.63) is 107 Å². The molecular formula is C29H27FN4O3. The molecule has 0 aliphatic carbocycles. The first kappa shape index (κ1) is 24.2. The number of carbonyl (C=O) groups excluding carboxylic acids is 1. The molecule has 37 heavy (non-hydrogen) atoms. The van der Waals surface area contributed by atoms with Crippen LogP contribution in [0.2, 0.25) is 0 Å². The predicted octanol–water partition coefficient (Wildman–Crippen LogP) is 6.28. The summed E-state index contributed by atoms with van der Waals surface area (Å²) in [5.74, 6) is 1.02. The third kappa shape index (κ3) is 5.09. The van der Waals surface area contributed by atoms with Crippen LogP contribution in [0.5, 0.6) is 5.75 Å². The average molecular weight is 499 g/mol. The van der Waals surface area contributed by atoms with Crippen LogP contribution in [-0.2, 0) is 6.54 Å². The fraction of sp³-hybridized carbons (Fsp3) is 0.207. The van der Waals surface area contributed by atoms with E-state index in [1.165, 1.54) is 12.1 Å². The van der Waals surface area contributed by atoms with E-state index < -0.39 is 6.04 Å². The minimum Gasteiger partial charge on any atom is -0.494 e. The first-order valence-electron chi connectivity index (χ1n) is 12.1. The highest BCUT2D eigenvalue weighted by atomic mass is 19.1. The Morgan fingerprint density at radius 3 is 2.38 bits per heavy atom. The number of nitrogens with zero attached hydrogens (tertiary/aromatic N) is 3. The van der Waals surface area contributed by atoms with Crippen LogP contribution in [0.3, 0.4) is 0 Å².